The van der Waals surface area contributed by atoms with Gasteiger partial charge < -0.3 is 9.73 Å². The number of nitrogens with zero attached hydrogens (tertiary/aromatic N) is 2. The molecule has 29 heavy (non-hydrogen) atoms. The molecule has 6 heteroatoms. The van der Waals surface area contributed by atoms with Crippen molar-refractivity contribution in [3.63, 3.8) is 0 Å². The van der Waals surface area contributed by atoms with Crippen molar-refractivity contribution in [1.82, 2.24) is 9.97 Å². The van der Waals surface area contributed by atoms with Gasteiger partial charge in [0.25, 0.3) is 5.91 Å². The molecule has 4 aromatic rings. The van der Waals surface area contributed by atoms with Crippen LogP contribution in [0, 0.1) is 0 Å². The van der Waals surface area contributed by atoms with E-state index in [1.54, 1.807) is 30.6 Å². The number of fused-ring (bicyclic) bond motifs is 1. The molecule has 0 aliphatic carbocycles. The number of nitrogens with one attached hydrogen (secondary N) is 1. The summed E-state index contributed by atoms with van der Waals surface area (Å²) >= 11 is 3.40. The molecule has 4 rings (SSSR count). The maximum Gasteiger partial charge on any atom is 0.255 e. The molecule has 0 aliphatic rings. The van der Waals surface area contributed by atoms with E-state index in [4.69, 9.17) is 4.42 Å². The molecule has 1 N–H and O–H groups in total. The van der Waals surface area contributed by atoms with Gasteiger partial charge in [-0.25, -0.2) is 4.98 Å². The molecule has 2 heterocycles. The fourth-order valence-corrected chi connectivity index (χ4v) is 3.35. The number of anilines is 1. The number of oxazole rings is 1. The number of carbonyl (C=O) groups excluding carboxylic acids is 1. The molecule has 146 valence electrons. The molecule has 0 spiro atoms. The minimum Gasteiger partial charge on any atom is -0.436 e. The highest BCUT2D eigenvalue weighted by molar-refractivity contribution is 9.10. The predicted octanol–water partition coefficient (Wildman–Crippen LogP) is 6.20. The third kappa shape index (κ3) is 4.22. The first kappa shape index (κ1) is 19.3. The van der Waals surface area contributed by atoms with E-state index in [0.717, 1.165) is 10.0 Å². The van der Waals surface area contributed by atoms with Crippen molar-refractivity contribution >= 4 is 38.6 Å². The molecule has 5 nitrogen and oxygen atoms in total. The summed E-state index contributed by atoms with van der Waals surface area (Å²) < 4.78 is 6.66. The third-order valence-corrected chi connectivity index (χ3v) is 5.04. The largest absolute Gasteiger partial charge is 0.436 e. The van der Waals surface area contributed by atoms with Crippen molar-refractivity contribution in [3.8, 4) is 11.5 Å². The van der Waals surface area contributed by atoms with E-state index in [1.807, 2.05) is 30.3 Å². The lowest BCUT2D eigenvalue weighted by atomic mass is 9.87. The van der Waals surface area contributed by atoms with Gasteiger partial charge in [0.15, 0.2) is 5.58 Å². The Labute approximate surface area is 177 Å². The summed E-state index contributed by atoms with van der Waals surface area (Å²) in [5.41, 5.74) is 4.60. The van der Waals surface area contributed by atoms with E-state index in [0.29, 0.717) is 28.2 Å². The van der Waals surface area contributed by atoms with Crippen LogP contribution in [0.1, 0.15) is 36.7 Å². The van der Waals surface area contributed by atoms with Gasteiger partial charge in [-0.2, -0.15) is 0 Å². The Kier molecular flexibility index (Phi) is 4.96. The van der Waals surface area contributed by atoms with Crippen molar-refractivity contribution < 1.29 is 9.21 Å². The van der Waals surface area contributed by atoms with Crippen LogP contribution in [0.2, 0.25) is 0 Å². The first-order valence-corrected chi connectivity index (χ1v) is 10.0. The number of aromatic nitrogens is 2. The van der Waals surface area contributed by atoms with Gasteiger partial charge in [-0.3, -0.25) is 9.78 Å². The second-order valence-corrected chi connectivity index (χ2v) is 8.79. The molecular formula is C23H20BrN3O2. The van der Waals surface area contributed by atoms with Crippen molar-refractivity contribution in [3.05, 3.63) is 76.5 Å². The zero-order chi connectivity index (χ0) is 20.6. The quantitative estimate of drug-likeness (QED) is 0.404. The summed E-state index contributed by atoms with van der Waals surface area (Å²) in [7, 11) is 0. The fraction of sp³-hybridized carbons (Fsp3) is 0.174. The highest BCUT2D eigenvalue weighted by Crippen LogP contribution is 2.27. The monoisotopic (exact) mass is 449 g/mol. The zero-order valence-corrected chi connectivity index (χ0v) is 17.9. The van der Waals surface area contributed by atoms with Crippen LogP contribution in [-0.2, 0) is 5.41 Å². The number of carbonyl (C=O) groups is 1. The normalized spacial score (nSPS) is 11.6. The van der Waals surface area contributed by atoms with E-state index in [1.165, 1.54) is 5.56 Å². The van der Waals surface area contributed by atoms with Crippen LogP contribution < -0.4 is 5.32 Å². The van der Waals surface area contributed by atoms with Crippen molar-refractivity contribution in [2.45, 2.75) is 26.2 Å². The molecule has 0 aliphatic heterocycles. The summed E-state index contributed by atoms with van der Waals surface area (Å²) in [4.78, 5) is 21.3. The van der Waals surface area contributed by atoms with E-state index in [2.05, 4.69) is 52.0 Å². The SMILES string of the molecule is CC(C)(C)c1ccc(C(=O)Nc2ccc3oc(-c4cncc(Br)c4)nc3c2)cc1. The average Bonchev–Trinajstić information content (AvgIpc) is 3.11. The Morgan fingerprint density at radius 1 is 1.03 bits per heavy atom. The average molecular weight is 450 g/mol. The van der Waals surface area contributed by atoms with E-state index in [9.17, 15) is 4.79 Å². The Morgan fingerprint density at radius 3 is 2.48 bits per heavy atom. The first-order valence-electron chi connectivity index (χ1n) is 9.23. The van der Waals surface area contributed by atoms with Crippen LogP contribution in [0.3, 0.4) is 0 Å². The number of amides is 1. The topological polar surface area (TPSA) is 68.0 Å². The number of rotatable bonds is 3. The van der Waals surface area contributed by atoms with Gasteiger partial charge in [0.2, 0.25) is 5.89 Å². The summed E-state index contributed by atoms with van der Waals surface area (Å²) in [6.45, 7) is 6.44. The lowest BCUT2D eigenvalue weighted by Gasteiger charge is -2.19. The second kappa shape index (κ2) is 7.44. The van der Waals surface area contributed by atoms with Crippen molar-refractivity contribution in [2.75, 3.05) is 5.32 Å². The van der Waals surface area contributed by atoms with Gasteiger partial charge in [0.1, 0.15) is 5.52 Å². The Balaban J connectivity index is 1.56. The van der Waals surface area contributed by atoms with Crippen LogP contribution >= 0.6 is 15.9 Å². The Bertz CT molecular complexity index is 1190. The fourth-order valence-electron chi connectivity index (χ4n) is 2.98. The lowest BCUT2D eigenvalue weighted by Crippen LogP contribution is -2.14. The highest BCUT2D eigenvalue weighted by Gasteiger charge is 2.15. The van der Waals surface area contributed by atoms with Crippen molar-refractivity contribution in [2.24, 2.45) is 0 Å². The molecular weight excluding hydrogens is 430 g/mol. The van der Waals surface area contributed by atoms with Crippen LogP contribution in [0.5, 0.6) is 0 Å². The highest BCUT2D eigenvalue weighted by atomic mass is 79.9. The van der Waals surface area contributed by atoms with E-state index < -0.39 is 0 Å². The molecule has 1 amide bonds. The molecule has 0 unspecified atom stereocenters. The van der Waals surface area contributed by atoms with Crippen LogP contribution in [0.4, 0.5) is 5.69 Å². The maximum absolute atomic E-state index is 12.6. The van der Waals surface area contributed by atoms with Gasteiger partial charge in [0, 0.05) is 28.1 Å². The summed E-state index contributed by atoms with van der Waals surface area (Å²) in [5, 5.41) is 2.93. The molecule has 0 saturated carbocycles. The minimum absolute atomic E-state index is 0.0502. The minimum atomic E-state index is -0.162. The molecule has 0 radical (unpaired) electrons. The summed E-state index contributed by atoms with van der Waals surface area (Å²) in [6.07, 6.45) is 3.40. The number of hydrogen-bond acceptors (Lipinski definition) is 4. The summed E-state index contributed by atoms with van der Waals surface area (Å²) in [6, 6.07) is 15.0. The van der Waals surface area contributed by atoms with Gasteiger partial charge in [0.05, 0.1) is 5.56 Å². The van der Waals surface area contributed by atoms with Crippen LogP contribution in [-0.4, -0.2) is 15.9 Å². The first-order chi connectivity index (χ1) is 13.8. The Morgan fingerprint density at radius 2 is 1.79 bits per heavy atom. The van der Waals surface area contributed by atoms with E-state index in [-0.39, 0.29) is 11.3 Å². The van der Waals surface area contributed by atoms with Gasteiger partial charge >= 0.3 is 0 Å². The van der Waals surface area contributed by atoms with Gasteiger partial charge in [-0.1, -0.05) is 32.9 Å². The maximum atomic E-state index is 12.6. The number of benzene rings is 2. The van der Waals surface area contributed by atoms with Crippen LogP contribution in [0.15, 0.2) is 69.8 Å². The molecule has 0 atom stereocenters. The predicted molar refractivity (Wildman–Crippen MR) is 118 cm³/mol. The number of pyridine rings is 1. The number of halogens is 1. The molecule has 2 aromatic carbocycles. The van der Waals surface area contributed by atoms with Crippen molar-refractivity contribution in [1.29, 1.82) is 0 Å². The molecule has 2 aromatic heterocycles. The summed E-state index contributed by atoms with van der Waals surface area (Å²) in [5.74, 6) is 0.319. The zero-order valence-electron chi connectivity index (χ0n) is 16.4. The second-order valence-electron chi connectivity index (χ2n) is 7.87. The van der Waals surface area contributed by atoms with E-state index >= 15 is 0 Å². The molecule has 0 saturated heterocycles. The van der Waals surface area contributed by atoms with Gasteiger partial charge in [-0.15, -0.1) is 0 Å². The lowest BCUT2D eigenvalue weighted by molar-refractivity contribution is 0.102. The molecule has 0 fully saturated rings. The molecule has 0 bridgehead atoms. The standard InChI is InChI=1S/C23H20BrN3O2/c1-23(2,3)16-6-4-14(5-7-16)21(28)26-18-8-9-20-19(11-18)27-22(29-20)15-10-17(24)13-25-12-15/h4-13H,1-3H3,(H,26,28). The number of hydrogen-bond donors (Lipinski definition) is 1. The van der Waals surface area contributed by atoms with Crippen LogP contribution in [0.25, 0.3) is 22.6 Å². The Hall–Kier alpha value is -2.99. The third-order valence-electron chi connectivity index (χ3n) is 4.61. The smallest absolute Gasteiger partial charge is 0.255 e. The van der Waals surface area contributed by atoms with Gasteiger partial charge in [-0.05, 0) is 63.3 Å².